The molecule has 1 aliphatic rings. The molecule has 0 amide bonds. The first-order valence-electron chi connectivity index (χ1n) is 7.27. The third-order valence-corrected chi connectivity index (χ3v) is 4.08. The number of nitrogens with one attached hydrogen (secondary N) is 2. The van der Waals surface area contributed by atoms with Gasteiger partial charge in [0.15, 0.2) is 0 Å². The lowest BCUT2D eigenvalue weighted by Crippen LogP contribution is -2.26. The van der Waals surface area contributed by atoms with Crippen LogP contribution in [0.2, 0.25) is 0 Å². The van der Waals surface area contributed by atoms with E-state index in [9.17, 15) is 0 Å². The van der Waals surface area contributed by atoms with Crippen LogP contribution in [-0.4, -0.2) is 40.8 Å². The summed E-state index contributed by atoms with van der Waals surface area (Å²) in [5, 5.41) is 11.9. The lowest BCUT2D eigenvalue weighted by Gasteiger charge is -2.19. The zero-order valence-electron chi connectivity index (χ0n) is 11.5. The molecule has 3 rings (SSSR count). The van der Waals surface area contributed by atoms with E-state index < -0.39 is 0 Å². The topological polar surface area (TPSA) is 44.0 Å². The lowest BCUT2D eigenvalue weighted by molar-refractivity contribution is 0.300. The third kappa shape index (κ3) is 2.89. The minimum Gasteiger partial charge on any atom is -0.382 e. The predicted molar refractivity (Wildman–Crippen MR) is 79.5 cm³/mol. The van der Waals surface area contributed by atoms with Crippen molar-refractivity contribution >= 4 is 16.6 Å². The zero-order chi connectivity index (χ0) is 13.1. The molecule has 4 nitrogen and oxygen atoms in total. The van der Waals surface area contributed by atoms with Gasteiger partial charge in [-0.3, -0.25) is 5.10 Å². The maximum absolute atomic E-state index is 4.07. The molecular formula is C15H22N4. The number of H-pyrrole nitrogens is 1. The Morgan fingerprint density at radius 3 is 3.21 bits per heavy atom. The number of anilines is 1. The number of fused-ring (bicyclic) bond motifs is 1. The second kappa shape index (κ2) is 5.61. The molecule has 1 aromatic heterocycles. The summed E-state index contributed by atoms with van der Waals surface area (Å²) < 4.78 is 0. The molecule has 1 saturated heterocycles. The van der Waals surface area contributed by atoms with Gasteiger partial charge in [0.05, 0.1) is 11.7 Å². The Morgan fingerprint density at radius 2 is 2.32 bits per heavy atom. The Labute approximate surface area is 114 Å². The van der Waals surface area contributed by atoms with Gasteiger partial charge in [-0.2, -0.15) is 5.10 Å². The number of aromatic nitrogens is 2. The van der Waals surface area contributed by atoms with Gasteiger partial charge in [-0.05, 0) is 50.6 Å². The van der Waals surface area contributed by atoms with Gasteiger partial charge in [0.1, 0.15) is 0 Å². The molecule has 2 N–H and O–H groups in total. The Kier molecular flexibility index (Phi) is 3.69. The first-order valence-corrected chi connectivity index (χ1v) is 7.27. The number of rotatable bonds is 3. The van der Waals surface area contributed by atoms with Crippen LogP contribution in [0.4, 0.5) is 5.69 Å². The fourth-order valence-electron chi connectivity index (χ4n) is 2.88. The third-order valence-electron chi connectivity index (χ3n) is 4.08. The van der Waals surface area contributed by atoms with Crippen molar-refractivity contribution in [2.24, 2.45) is 0 Å². The SMILES string of the molecule is CCN1CCCC(Nc2ccc3[nH]ncc3c2)CC1. The van der Waals surface area contributed by atoms with Gasteiger partial charge in [0.2, 0.25) is 0 Å². The van der Waals surface area contributed by atoms with Crippen LogP contribution in [0.15, 0.2) is 24.4 Å². The van der Waals surface area contributed by atoms with Gasteiger partial charge in [0.25, 0.3) is 0 Å². The molecule has 1 fully saturated rings. The van der Waals surface area contributed by atoms with E-state index in [-0.39, 0.29) is 0 Å². The quantitative estimate of drug-likeness (QED) is 0.889. The number of hydrogen-bond acceptors (Lipinski definition) is 3. The molecule has 102 valence electrons. The molecule has 19 heavy (non-hydrogen) atoms. The van der Waals surface area contributed by atoms with E-state index in [4.69, 9.17) is 0 Å². The van der Waals surface area contributed by atoms with Crippen LogP contribution in [0, 0.1) is 0 Å². The average molecular weight is 258 g/mol. The van der Waals surface area contributed by atoms with Crippen molar-refractivity contribution in [2.75, 3.05) is 25.0 Å². The predicted octanol–water partition coefficient (Wildman–Crippen LogP) is 2.85. The maximum atomic E-state index is 4.07. The van der Waals surface area contributed by atoms with Crippen LogP contribution in [0.25, 0.3) is 10.9 Å². The molecule has 0 spiro atoms. The number of aromatic amines is 1. The molecule has 1 aromatic carbocycles. The molecule has 0 saturated carbocycles. The number of benzene rings is 1. The number of likely N-dealkylation sites (tertiary alicyclic amines) is 1. The maximum Gasteiger partial charge on any atom is 0.0651 e. The molecular weight excluding hydrogens is 236 g/mol. The second-order valence-corrected chi connectivity index (χ2v) is 5.38. The number of hydrogen-bond donors (Lipinski definition) is 2. The van der Waals surface area contributed by atoms with Crippen LogP contribution in [-0.2, 0) is 0 Å². The first kappa shape index (κ1) is 12.5. The van der Waals surface area contributed by atoms with E-state index in [1.807, 2.05) is 6.20 Å². The molecule has 0 bridgehead atoms. The highest BCUT2D eigenvalue weighted by molar-refractivity contribution is 5.81. The van der Waals surface area contributed by atoms with Crippen molar-refractivity contribution in [2.45, 2.75) is 32.2 Å². The van der Waals surface area contributed by atoms with E-state index in [1.54, 1.807) is 0 Å². The summed E-state index contributed by atoms with van der Waals surface area (Å²) in [6, 6.07) is 7.02. The highest BCUT2D eigenvalue weighted by Gasteiger charge is 2.15. The Bertz CT molecular complexity index is 534. The van der Waals surface area contributed by atoms with Gasteiger partial charge in [-0.25, -0.2) is 0 Å². The summed E-state index contributed by atoms with van der Waals surface area (Å²) in [5.41, 5.74) is 2.31. The summed E-state index contributed by atoms with van der Waals surface area (Å²) in [4.78, 5) is 2.54. The first-order chi connectivity index (χ1) is 9.35. The minimum absolute atomic E-state index is 0.598. The molecule has 4 heteroatoms. The second-order valence-electron chi connectivity index (χ2n) is 5.38. The molecule has 1 atom stereocenters. The Morgan fingerprint density at radius 1 is 1.37 bits per heavy atom. The van der Waals surface area contributed by atoms with Crippen molar-refractivity contribution in [1.82, 2.24) is 15.1 Å². The van der Waals surface area contributed by atoms with Crippen LogP contribution in [0.3, 0.4) is 0 Å². The van der Waals surface area contributed by atoms with E-state index in [0.29, 0.717) is 6.04 Å². The molecule has 0 radical (unpaired) electrons. The monoisotopic (exact) mass is 258 g/mol. The highest BCUT2D eigenvalue weighted by atomic mass is 15.1. The Balaban J connectivity index is 1.66. The van der Waals surface area contributed by atoms with Crippen molar-refractivity contribution in [1.29, 1.82) is 0 Å². The standard InChI is InChI=1S/C15H22N4/c1-2-19-8-3-4-13(7-9-19)17-14-5-6-15-12(10-14)11-16-18-15/h5-6,10-11,13,17H,2-4,7-9H2,1H3,(H,16,18). The molecule has 1 aliphatic heterocycles. The largest absolute Gasteiger partial charge is 0.382 e. The van der Waals surface area contributed by atoms with Gasteiger partial charge >= 0.3 is 0 Å². The summed E-state index contributed by atoms with van der Waals surface area (Å²) in [6.07, 6.45) is 5.67. The zero-order valence-corrected chi connectivity index (χ0v) is 11.5. The van der Waals surface area contributed by atoms with Crippen molar-refractivity contribution in [3.63, 3.8) is 0 Å². The average Bonchev–Trinajstić information content (AvgIpc) is 2.77. The summed E-state index contributed by atoms with van der Waals surface area (Å²) >= 11 is 0. The summed E-state index contributed by atoms with van der Waals surface area (Å²) in [7, 11) is 0. The van der Waals surface area contributed by atoms with E-state index >= 15 is 0 Å². The van der Waals surface area contributed by atoms with Gasteiger partial charge in [0, 0.05) is 23.7 Å². The van der Waals surface area contributed by atoms with Crippen LogP contribution >= 0.6 is 0 Å². The molecule has 0 aliphatic carbocycles. The Hall–Kier alpha value is -1.55. The molecule has 1 unspecified atom stereocenters. The summed E-state index contributed by atoms with van der Waals surface area (Å²) in [6.45, 7) is 5.88. The fourth-order valence-corrected chi connectivity index (χ4v) is 2.88. The lowest BCUT2D eigenvalue weighted by atomic mass is 10.1. The molecule has 2 aromatic rings. The van der Waals surface area contributed by atoms with Crippen LogP contribution < -0.4 is 5.32 Å². The minimum atomic E-state index is 0.598. The number of nitrogens with zero attached hydrogens (tertiary/aromatic N) is 2. The van der Waals surface area contributed by atoms with Gasteiger partial charge < -0.3 is 10.2 Å². The molecule has 2 heterocycles. The van der Waals surface area contributed by atoms with Crippen LogP contribution in [0.5, 0.6) is 0 Å². The fraction of sp³-hybridized carbons (Fsp3) is 0.533. The van der Waals surface area contributed by atoms with Crippen molar-refractivity contribution < 1.29 is 0 Å². The van der Waals surface area contributed by atoms with Gasteiger partial charge in [-0.1, -0.05) is 6.92 Å². The smallest absolute Gasteiger partial charge is 0.0651 e. The van der Waals surface area contributed by atoms with E-state index in [1.165, 1.54) is 50.0 Å². The van der Waals surface area contributed by atoms with Gasteiger partial charge in [-0.15, -0.1) is 0 Å². The summed E-state index contributed by atoms with van der Waals surface area (Å²) in [5.74, 6) is 0. The van der Waals surface area contributed by atoms with E-state index in [0.717, 1.165) is 5.52 Å². The van der Waals surface area contributed by atoms with E-state index in [2.05, 4.69) is 45.5 Å². The van der Waals surface area contributed by atoms with Crippen molar-refractivity contribution in [3.05, 3.63) is 24.4 Å². The van der Waals surface area contributed by atoms with Crippen LogP contribution in [0.1, 0.15) is 26.2 Å². The highest BCUT2D eigenvalue weighted by Crippen LogP contribution is 2.20. The van der Waals surface area contributed by atoms with Crippen molar-refractivity contribution in [3.8, 4) is 0 Å². The normalized spacial score (nSPS) is 21.4.